The fraction of sp³-hybridized carbons (Fsp3) is 0.441. The van der Waals surface area contributed by atoms with Crippen molar-refractivity contribution in [1.29, 1.82) is 0 Å². The Hall–Kier alpha value is -5.48. The zero-order valence-corrected chi connectivity index (χ0v) is 46.3. The van der Waals surface area contributed by atoms with E-state index in [1.807, 2.05) is 0 Å². The summed E-state index contributed by atoms with van der Waals surface area (Å²) in [5.41, 5.74) is 28.4. The van der Waals surface area contributed by atoms with E-state index in [-0.39, 0.29) is 44.6 Å². The van der Waals surface area contributed by atoms with Crippen molar-refractivity contribution in [1.82, 2.24) is 0 Å². The number of furan rings is 1. The van der Waals surface area contributed by atoms with E-state index in [0.717, 1.165) is 17.7 Å². The fourth-order valence-electron chi connectivity index (χ4n) is 15.5. The van der Waals surface area contributed by atoms with Crippen molar-refractivity contribution in [3.8, 4) is 11.1 Å². The maximum absolute atomic E-state index is 7.75. The van der Waals surface area contributed by atoms with Crippen LogP contribution in [0.2, 0.25) is 0 Å². The first-order chi connectivity index (χ1) is 33.8. The highest BCUT2D eigenvalue weighted by Crippen LogP contribution is 2.59. The monoisotopic (exact) mass is 949 g/mol. The molecule has 3 heterocycles. The van der Waals surface area contributed by atoms with Crippen molar-refractivity contribution in [2.45, 2.75) is 193 Å². The molecule has 1 saturated carbocycles. The van der Waals surface area contributed by atoms with Gasteiger partial charge in [0.05, 0.1) is 17.0 Å². The van der Waals surface area contributed by atoms with E-state index in [0.29, 0.717) is 0 Å². The summed E-state index contributed by atoms with van der Waals surface area (Å²) in [6.45, 7) is 36.7. The molecule has 0 spiro atoms. The molecule has 2 bridgehead atoms. The Kier molecular flexibility index (Phi) is 9.42. The lowest BCUT2D eigenvalue weighted by Crippen LogP contribution is -2.61. The van der Waals surface area contributed by atoms with Gasteiger partial charge in [0.1, 0.15) is 5.58 Å². The number of benzene rings is 6. The van der Waals surface area contributed by atoms with Gasteiger partial charge in [-0.15, -0.1) is 0 Å². The lowest BCUT2D eigenvalue weighted by molar-refractivity contribution is 0.188. The predicted octanol–water partition coefficient (Wildman–Crippen LogP) is 16.9. The number of nitrogens with zero attached hydrogens (tertiary/aromatic N) is 2. The summed E-state index contributed by atoms with van der Waals surface area (Å²) in [6, 6.07) is 39.0. The molecule has 4 heteroatoms. The molecule has 0 N–H and O–H groups in total. The molecule has 72 heavy (non-hydrogen) atoms. The molecule has 6 aromatic carbocycles. The molecule has 14 rings (SSSR count). The van der Waals surface area contributed by atoms with Gasteiger partial charge in [0.15, 0.2) is 0 Å². The molecule has 5 aliphatic carbocycles. The highest BCUT2D eigenvalue weighted by molar-refractivity contribution is 7.00. The Morgan fingerprint density at radius 2 is 1.10 bits per heavy atom. The number of aryl methyl sites for hydroxylation is 1. The second-order valence-electron chi connectivity index (χ2n) is 28.1. The molecule has 7 aliphatic rings. The number of hydrogen-bond acceptors (Lipinski definition) is 3. The van der Waals surface area contributed by atoms with Crippen molar-refractivity contribution >= 4 is 68.4 Å². The second-order valence-corrected chi connectivity index (χ2v) is 28.1. The van der Waals surface area contributed by atoms with E-state index >= 15 is 0 Å². The van der Waals surface area contributed by atoms with E-state index in [2.05, 4.69) is 211 Å². The van der Waals surface area contributed by atoms with E-state index in [9.17, 15) is 0 Å². The number of fused-ring (bicyclic) bond motifs is 10. The lowest BCUT2D eigenvalue weighted by Gasteiger charge is -2.52. The van der Waals surface area contributed by atoms with Crippen molar-refractivity contribution < 1.29 is 4.42 Å². The quantitative estimate of drug-likeness (QED) is 0.165. The molecular weight excluding hydrogens is 872 g/mol. The van der Waals surface area contributed by atoms with Gasteiger partial charge < -0.3 is 14.2 Å². The predicted molar refractivity (Wildman–Crippen MR) is 308 cm³/mol. The summed E-state index contributed by atoms with van der Waals surface area (Å²) >= 11 is 0. The standard InChI is InChI=1S/C68H77BN2O/c1-40-33-51-57(66(12,13)28-27-65(51,10)11)41(2)59(40)71-53-36-44(62(3,4)5)21-24-52(53)69-58-54(34-43(35-55(58)71)42-19-17-16-18-20-42)70(45-22-23-47-48(37-45)64(8,9)26-25-63(47,6)7)60-46-38-49-50(39-56(46)72-61(60)69)68(15)31-29-67(49,14)30-32-68/h16-24,33-39H,25-32H2,1-15H3. The molecule has 368 valence electrons. The molecular formula is C68H77BN2O. The van der Waals surface area contributed by atoms with Crippen LogP contribution in [0.4, 0.5) is 34.1 Å². The van der Waals surface area contributed by atoms with Crippen LogP contribution in [0.5, 0.6) is 0 Å². The second kappa shape index (κ2) is 14.6. The fourth-order valence-corrected chi connectivity index (χ4v) is 15.5. The molecule has 1 fully saturated rings. The minimum absolute atomic E-state index is 0.0402. The molecule has 0 amide bonds. The van der Waals surface area contributed by atoms with Gasteiger partial charge in [-0.05, 0) is 218 Å². The number of rotatable bonds is 3. The van der Waals surface area contributed by atoms with Gasteiger partial charge in [0, 0.05) is 28.1 Å². The molecule has 0 saturated heterocycles. The molecule has 1 aromatic heterocycles. The van der Waals surface area contributed by atoms with Crippen LogP contribution < -0.4 is 26.4 Å². The Morgan fingerprint density at radius 3 is 1.75 bits per heavy atom. The summed E-state index contributed by atoms with van der Waals surface area (Å²) in [6.07, 6.45) is 9.68. The van der Waals surface area contributed by atoms with Crippen LogP contribution in [0, 0.1) is 13.8 Å². The highest BCUT2D eigenvalue weighted by Gasteiger charge is 2.52. The van der Waals surface area contributed by atoms with Gasteiger partial charge in [-0.25, -0.2) is 0 Å². The van der Waals surface area contributed by atoms with E-state index in [4.69, 9.17) is 4.42 Å². The first-order valence-corrected chi connectivity index (χ1v) is 27.7. The SMILES string of the molecule is Cc1cc2c(c(C)c1N1c3cc(C(C)(C)C)ccc3B3c4oc5cc6c(cc5c4N(c4ccc5c(c4)C(C)(C)CCC5(C)C)c4cc(-c5ccccc5)cc1c43)C1(C)CCC6(C)CC1)C(C)(C)CCC2(C)C. The van der Waals surface area contributed by atoms with Crippen LogP contribution >= 0.6 is 0 Å². The maximum atomic E-state index is 7.75. The van der Waals surface area contributed by atoms with Crippen molar-refractivity contribution in [2.24, 2.45) is 0 Å². The van der Waals surface area contributed by atoms with Gasteiger partial charge in [0.2, 0.25) is 0 Å². The summed E-state index contributed by atoms with van der Waals surface area (Å²) in [5, 5.41) is 1.25. The third kappa shape index (κ3) is 6.35. The van der Waals surface area contributed by atoms with Crippen LogP contribution in [-0.2, 0) is 37.9 Å². The molecule has 3 nitrogen and oxygen atoms in total. The molecule has 7 aromatic rings. The van der Waals surface area contributed by atoms with Crippen molar-refractivity contribution in [2.75, 3.05) is 9.80 Å². The van der Waals surface area contributed by atoms with Gasteiger partial charge in [0.25, 0.3) is 6.71 Å². The Labute approximate surface area is 431 Å². The Balaban J connectivity index is 1.19. The zero-order chi connectivity index (χ0) is 50.6. The van der Waals surface area contributed by atoms with Crippen molar-refractivity contribution in [3.63, 3.8) is 0 Å². The largest absolute Gasteiger partial charge is 0.468 e. The maximum Gasteiger partial charge on any atom is 0.297 e. The Bertz CT molecular complexity index is 3470. The number of anilines is 6. The van der Waals surface area contributed by atoms with Gasteiger partial charge in [-0.2, -0.15) is 0 Å². The molecule has 0 atom stereocenters. The summed E-state index contributed by atoms with van der Waals surface area (Å²) in [4.78, 5) is 5.42. The minimum atomic E-state index is -0.125. The van der Waals surface area contributed by atoms with Crippen LogP contribution in [0.1, 0.15) is 191 Å². The van der Waals surface area contributed by atoms with Gasteiger partial charge >= 0.3 is 0 Å². The molecule has 0 unspecified atom stereocenters. The van der Waals surface area contributed by atoms with E-state index in [1.54, 1.807) is 5.56 Å². The number of hydrogen-bond donors (Lipinski definition) is 0. The van der Waals surface area contributed by atoms with Crippen molar-refractivity contribution in [3.05, 3.63) is 147 Å². The van der Waals surface area contributed by atoms with Gasteiger partial charge in [-0.1, -0.05) is 145 Å². The topological polar surface area (TPSA) is 19.6 Å². The highest BCUT2D eigenvalue weighted by atomic mass is 16.3. The summed E-state index contributed by atoms with van der Waals surface area (Å²) in [5.74, 6) is 0. The average molecular weight is 949 g/mol. The smallest absolute Gasteiger partial charge is 0.297 e. The van der Waals surface area contributed by atoms with E-state index < -0.39 is 0 Å². The van der Waals surface area contributed by atoms with Crippen LogP contribution in [0.15, 0.2) is 101 Å². The zero-order valence-electron chi connectivity index (χ0n) is 46.3. The van der Waals surface area contributed by atoms with E-state index in [1.165, 1.54) is 151 Å². The van der Waals surface area contributed by atoms with Gasteiger partial charge in [-0.3, -0.25) is 0 Å². The van der Waals surface area contributed by atoms with Crippen LogP contribution in [-0.4, -0.2) is 6.71 Å². The summed E-state index contributed by atoms with van der Waals surface area (Å²) in [7, 11) is 0. The average Bonchev–Trinajstić information content (AvgIpc) is 3.70. The lowest BCUT2D eigenvalue weighted by atomic mass is 9.35. The normalized spacial score (nSPS) is 23.5. The minimum Gasteiger partial charge on any atom is -0.468 e. The molecule has 2 aliphatic heterocycles. The van der Waals surface area contributed by atoms with Crippen LogP contribution in [0.3, 0.4) is 0 Å². The molecule has 0 radical (unpaired) electrons. The third-order valence-corrected chi connectivity index (χ3v) is 20.4. The first kappa shape index (κ1) is 46.3. The third-order valence-electron chi connectivity index (χ3n) is 20.4. The first-order valence-electron chi connectivity index (χ1n) is 27.7. The summed E-state index contributed by atoms with van der Waals surface area (Å²) < 4.78 is 7.75. The van der Waals surface area contributed by atoms with Crippen LogP contribution in [0.25, 0.3) is 22.1 Å². The Morgan fingerprint density at radius 1 is 0.500 bits per heavy atom.